The molecule has 0 radical (unpaired) electrons. The average molecular weight is 325 g/mol. The molecule has 2 rings (SSSR count). The fraction of sp³-hybridized carbons (Fsp3) is 0.533. The monoisotopic (exact) mass is 325 g/mol. The molecule has 2 N–H and O–H groups in total. The van der Waals surface area contributed by atoms with E-state index in [2.05, 4.69) is 10.6 Å². The molecule has 1 aromatic rings. The van der Waals surface area contributed by atoms with E-state index in [0.717, 1.165) is 19.4 Å². The Bertz CT molecular complexity index is 611. The SMILES string of the molecule is CNC[C@H]1CCCN(S(=O)(=O)c2ccc(C(=O)NC)cc2)C1. The number of hydrogen-bond acceptors (Lipinski definition) is 4. The zero-order chi connectivity index (χ0) is 16.2. The third-order valence-electron chi connectivity index (χ3n) is 3.96. The minimum Gasteiger partial charge on any atom is -0.355 e. The van der Waals surface area contributed by atoms with Gasteiger partial charge in [-0.2, -0.15) is 4.31 Å². The standard InChI is InChI=1S/C15H23N3O3S/c1-16-10-12-4-3-9-18(11-12)22(20,21)14-7-5-13(6-8-14)15(19)17-2/h5-8,12,16H,3-4,9-11H2,1-2H3,(H,17,19)/t12-/m1/s1. The second kappa shape index (κ2) is 7.21. The van der Waals surface area contributed by atoms with Crippen LogP contribution in [0.4, 0.5) is 0 Å². The quantitative estimate of drug-likeness (QED) is 0.834. The summed E-state index contributed by atoms with van der Waals surface area (Å²) in [6.07, 6.45) is 1.92. The van der Waals surface area contributed by atoms with Gasteiger partial charge in [0, 0.05) is 25.7 Å². The predicted octanol–water partition coefficient (Wildman–Crippen LogP) is 0.666. The van der Waals surface area contributed by atoms with Crippen LogP contribution in [0.1, 0.15) is 23.2 Å². The Labute approximate surface area is 131 Å². The number of nitrogens with one attached hydrogen (secondary N) is 2. The van der Waals surface area contributed by atoms with Gasteiger partial charge in [0.1, 0.15) is 0 Å². The zero-order valence-corrected chi connectivity index (χ0v) is 13.8. The van der Waals surface area contributed by atoms with Crippen LogP contribution >= 0.6 is 0 Å². The van der Waals surface area contributed by atoms with Crippen molar-refractivity contribution in [2.75, 3.05) is 33.7 Å². The molecule has 1 amide bonds. The van der Waals surface area contributed by atoms with Gasteiger partial charge in [-0.15, -0.1) is 0 Å². The number of rotatable bonds is 5. The molecule has 22 heavy (non-hydrogen) atoms. The van der Waals surface area contributed by atoms with Crippen LogP contribution in [0, 0.1) is 5.92 Å². The summed E-state index contributed by atoms with van der Waals surface area (Å²) in [6, 6.07) is 6.09. The first-order chi connectivity index (χ1) is 10.5. The minimum absolute atomic E-state index is 0.226. The number of sulfonamides is 1. The van der Waals surface area contributed by atoms with E-state index in [4.69, 9.17) is 0 Å². The summed E-state index contributed by atoms with van der Waals surface area (Å²) in [5.41, 5.74) is 0.452. The van der Waals surface area contributed by atoms with Crippen LogP contribution in [0.25, 0.3) is 0 Å². The fourth-order valence-corrected chi connectivity index (χ4v) is 4.33. The number of carbonyl (C=O) groups excluding carboxylic acids is 1. The van der Waals surface area contributed by atoms with Gasteiger partial charge < -0.3 is 10.6 Å². The molecule has 0 aliphatic carbocycles. The first-order valence-electron chi connectivity index (χ1n) is 7.46. The van der Waals surface area contributed by atoms with Gasteiger partial charge in [0.25, 0.3) is 5.91 Å². The van der Waals surface area contributed by atoms with Gasteiger partial charge in [-0.25, -0.2) is 8.42 Å². The number of nitrogens with zero attached hydrogens (tertiary/aromatic N) is 1. The molecule has 0 unspecified atom stereocenters. The molecule has 0 bridgehead atoms. The summed E-state index contributed by atoms with van der Waals surface area (Å²) in [6.45, 7) is 1.92. The Kier molecular flexibility index (Phi) is 5.55. The molecule has 0 saturated carbocycles. The largest absolute Gasteiger partial charge is 0.355 e. The highest BCUT2D eigenvalue weighted by atomic mass is 32.2. The van der Waals surface area contributed by atoms with E-state index < -0.39 is 10.0 Å². The first kappa shape index (κ1) is 16.9. The lowest BCUT2D eigenvalue weighted by Gasteiger charge is -2.31. The fourth-order valence-electron chi connectivity index (χ4n) is 2.77. The maximum atomic E-state index is 12.7. The van der Waals surface area contributed by atoms with E-state index in [-0.39, 0.29) is 10.8 Å². The molecule has 1 aliphatic heterocycles. The normalized spacial score (nSPS) is 19.8. The van der Waals surface area contributed by atoms with E-state index in [1.807, 2.05) is 7.05 Å². The highest BCUT2D eigenvalue weighted by Gasteiger charge is 2.29. The van der Waals surface area contributed by atoms with E-state index in [9.17, 15) is 13.2 Å². The summed E-state index contributed by atoms with van der Waals surface area (Å²) in [7, 11) is -0.0644. The van der Waals surface area contributed by atoms with E-state index in [1.54, 1.807) is 23.5 Å². The molecule has 122 valence electrons. The topological polar surface area (TPSA) is 78.5 Å². The summed E-state index contributed by atoms with van der Waals surface area (Å²) in [5, 5.41) is 5.63. The third kappa shape index (κ3) is 3.66. The first-order valence-corrected chi connectivity index (χ1v) is 8.90. The van der Waals surface area contributed by atoms with Gasteiger partial charge in [0.2, 0.25) is 10.0 Å². The Balaban J connectivity index is 2.17. The van der Waals surface area contributed by atoms with Crippen LogP contribution in [0.15, 0.2) is 29.2 Å². The molecule has 7 heteroatoms. The summed E-state index contributed by atoms with van der Waals surface area (Å²) >= 11 is 0. The molecule has 1 saturated heterocycles. The zero-order valence-electron chi connectivity index (χ0n) is 13.0. The van der Waals surface area contributed by atoms with Gasteiger partial charge >= 0.3 is 0 Å². The summed E-state index contributed by atoms with van der Waals surface area (Å²) < 4.78 is 26.9. The molecular formula is C15H23N3O3S. The second-order valence-corrected chi connectivity index (χ2v) is 7.47. The predicted molar refractivity (Wildman–Crippen MR) is 85.2 cm³/mol. The van der Waals surface area contributed by atoms with Crippen molar-refractivity contribution < 1.29 is 13.2 Å². The van der Waals surface area contributed by atoms with Crippen LogP contribution in [0.2, 0.25) is 0 Å². The van der Waals surface area contributed by atoms with Crippen molar-refractivity contribution in [3.63, 3.8) is 0 Å². The second-order valence-electron chi connectivity index (χ2n) is 5.53. The average Bonchev–Trinajstić information content (AvgIpc) is 2.55. The Morgan fingerprint density at radius 2 is 1.95 bits per heavy atom. The van der Waals surface area contributed by atoms with Crippen LogP contribution in [0.3, 0.4) is 0 Å². The maximum Gasteiger partial charge on any atom is 0.251 e. The molecule has 0 spiro atoms. The smallest absolute Gasteiger partial charge is 0.251 e. The minimum atomic E-state index is -3.49. The van der Waals surface area contributed by atoms with E-state index >= 15 is 0 Å². The number of carbonyl (C=O) groups is 1. The van der Waals surface area contributed by atoms with Crippen molar-refractivity contribution in [1.29, 1.82) is 0 Å². The van der Waals surface area contributed by atoms with Crippen molar-refractivity contribution in [3.8, 4) is 0 Å². The molecule has 1 atom stereocenters. The van der Waals surface area contributed by atoms with Crippen LogP contribution in [-0.2, 0) is 10.0 Å². The van der Waals surface area contributed by atoms with Crippen molar-refractivity contribution in [1.82, 2.24) is 14.9 Å². The molecule has 1 fully saturated rings. The van der Waals surface area contributed by atoms with Gasteiger partial charge in [-0.3, -0.25) is 4.79 Å². The molecule has 0 aromatic heterocycles. The molecule has 1 heterocycles. The maximum absolute atomic E-state index is 12.7. The highest BCUT2D eigenvalue weighted by molar-refractivity contribution is 7.89. The van der Waals surface area contributed by atoms with Crippen molar-refractivity contribution in [3.05, 3.63) is 29.8 Å². The van der Waals surface area contributed by atoms with E-state index in [1.165, 1.54) is 12.1 Å². The Hall–Kier alpha value is -1.44. The van der Waals surface area contributed by atoms with Crippen LogP contribution in [-0.4, -0.2) is 52.4 Å². The van der Waals surface area contributed by atoms with Crippen LogP contribution in [0.5, 0.6) is 0 Å². The van der Waals surface area contributed by atoms with Gasteiger partial charge in [0.15, 0.2) is 0 Å². The number of hydrogen-bond donors (Lipinski definition) is 2. The number of piperidine rings is 1. The molecule has 1 aliphatic rings. The number of benzene rings is 1. The Morgan fingerprint density at radius 3 is 2.55 bits per heavy atom. The molecular weight excluding hydrogens is 302 g/mol. The Morgan fingerprint density at radius 1 is 1.27 bits per heavy atom. The van der Waals surface area contributed by atoms with E-state index in [0.29, 0.717) is 24.6 Å². The van der Waals surface area contributed by atoms with Gasteiger partial charge in [-0.05, 0) is 56.6 Å². The lowest BCUT2D eigenvalue weighted by molar-refractivity contribution is 0.0963. The molecule has 1 aromatic carbocycles. The van der Waals surface area contributed by atoms with Gasteiger partial charge in [-0.1, -0.05) is 0 Å². The lowest BCUT2D eigenvalue weighted by atomic mass is 10.00. The molecule has 6 nitrogen and oxygen atoms in total. The van der Waals surface area contributed by atoms with Crippen LogP contribution < -0.4 is 10.6 Å². The summed E-state index contributed by atoms with van der Waals surface area (Å²) in [4.78, 5) is 11.8. The lowest BCUT2D eigenvalue weighted by Crippen LogP contribution is -2.42. The van der Waals surface area contributed by atoms with Crippen molar-refractivity contribution >= 4 is 15.9 Å². The number of amides is 1. The van der Waals surface area contributed by atoms with Crippen molar-refractivity contribution in [2.24, 2.45) is 5.92 Å². The van der Waals surface area contributed by atoms with Crippen molar-refractivity contribution in [2.45, 2.75) is 17.7 Å². The van der Waals surface area contributed by atoms with Gasteiger partial charge in [0.05, 0.1) is 4.90 Å². The third-order valence-corrected chi connectivity index (χ3v) is 5.84. The summed E-state index contributed by atoms with van der Waals surface area (Å²) in [5.74, 6) is 0.120. The highest BCUT2D eigenvalue weighted by Crippen LogP contribution is 2.23.